The van der Waals surface area contributed by atoms with Gasteiger partial charge < -0.3 is 10.2 Å². The van der Waals surface area contributed by atoms with Crippen LogP contribution in [0.25, 0.3) is 0 Å². The molecule has 1 aliphatic heterocycles. The van der Waals surface area contributed by atoms with Crippen molar-refractivity contribution in [2.24, 2.45) is 5.92 Å². The first kappa shape index (κ1) is 16.5. The second-order valence-electron chi connectivity index (χ2n) is 6.26. The molecule has 1 amide bonds. The van der Waals surface area contributed by atoms with Crippen LogP contribution < -0.4 is 5.32 Å². The van der Waals surface area contributed by atoms with E-state index < -0.39 is 0 Å². The summed E-state index contributed by atoms with van der Waals surface area (Å²) in [5.74, 6) is 0.672. The molecule has 1 rings (SSSR count). The van der Waals surface area contributed by atoms with Crippen LogP contribution in [0.1, 0.15) is 65.2 Å². The van der Waals surface area contributed by atoms with Gasteiger partial charge in [0, 0.05) is 13.0 Å². The number of carbonyl (C=O) groups is 1. The Morgan fingerprint density at radius 3 is 2.37 bits per heavy atom. The summed E-state index contributed by atoms with van der Waals surface area (Å²) in [7, 11) is 0. The first-order valence-corrected chi connectivity index (χ1v) is 8.17. The molecule has 3 nitrogen and oxygen atoms in total. The van der Waals surface area contributed by atoms with Crippen LogP contribution in [-0.4, -0.2) is 37.0 Å². The lowest BCUT2D eigenvalue weighted by molar-refractivity contribution is -0.121. The number of amides is 1. The smallest absolute Gasteiger partial charge is 0.220 e. The zero-order valence-electron chi connectivity index (χ0n) is 12.9. The summed E-state index contributed by atoms with van der Waals surface area (Å²) in [6.45, 7) is 8.86. The van der Waals surface area contributed by atoms with E-state index in [1.165, 1.54) is 58.2 Å². The summed E-state index contributed by atoms with van der Waals surface area (Å²) in [5.41, 5.74) is 0. The molecule has 1 N–H and O–H groups in total. The summed E-state index contributed by atoms with van der Waals surface area (Å²) in [6, 6.07) is 0. The number of hydrogen-bond donors (Lipinski definition) is 1. The van der Waals surface area contributed by atoms with Gasteiger partial charge in [-0.15, -0.1) is 0 Å². The van der Waals surface area contributed by atoms with Gasteiger partial charge in [0.05, 0.1) is 0 Å². The average Bonchev–Trinajstić information content (AvgIpc) is 2.61. The lowest BCUT2D eigenvalue weighted by atomic mass is 10.1. The van der Waals surface area contributed by atoms with E-state index in [0.717, 1.165) is 13.0 Å². The molecule has 112 valence electrons. The molecule has 0 aliphatic carbocycles. The van der Waals surface area contributed by atoms with E-state index in [1.54, 1.807) is 0 Å². The first-order valence-electron chi connectivity index (χ1n) is 8.17. The molecule has 0 aromatic heterocycles. The van der Waals surface area contributed by atoms with E-state index in [9.17, 15) is 4.79 Å². The highest BCUT2D eigenvalue weighted by atomic mass is 16.1. The second-order valence-corrected chi connectivity index (χ2v) is 6.26. The SMILES string of the molecule is CC(C)CC(=O)NCCCCCN1CCCCCC1. The molecular formula is C16H32N2O. The Hall–Kier alpha value is -0.570. The molecule has 0 aromatic carbocycles. The van der Waals surface area contributed by atoms with Gasteiger partial charge in [0.25, 0.3) is 0 Å². The van der Waals surface area contributed by atoms with Crippen molar-refractivity contribution < 1.29 is 4.79 Å². The third-order valence-corrected chi connectivity index (χ3v) is 3.77. The quantitative estimate of drug-likeness (QED) is 0.686. The largest absolute Gasteiger partial charge is 0.356 e. The van der Waals surface area contributed by atoms with Gasteiger partial charge in [0.2, 0.25) is 5.91 Å². The summed E-state index contributed by atoms with van der Waals surface area (Å²) < 4.78 is 0. The minimum atomic E-state index is 0.211. The molecule has 1 fully saturated rings. The molecule has 1 aliphatic rings. The van der Waals surface area contributed by atoms with Crippen LogP contribution >= 0.6 is 0 Å². The molecule has 0 atom stereocenters. The van der Waals surface area contributed by atoms with Crippen LogP contribution in [0.15, 0.2) is 0 Å². The van der Waals surface area contributed by atoms with Crippen molar-refractivity contribution in [1.82, 2.24) is 10.2 Å². The predicted octanol–water partition coefficient (Wildman–Crippen LogP) is 3.20. The lowest BCUT2D eigenvalue weighted by Gasteiger charge is -2.19. The van der Waals surface area contributed by atoms with Crippen molar-refractivity contribution in [2.75, 3.05) is 26.2 Å². The molecule has 0 saturated carbocycles. The zero-order chi connectivity index (χ0) is 13.9. The van der Waals surface area contributed by atoms with Crippen LogP contribution in [0.2, 0.25) is 0 Å². The van der Waals surface area contributed by atoms with E-state index in [1.807, 2.05) is 0 Å². The van der Waals surface area contributed by atoms with Gasteiger partial charge in [-0.05, 0) is 51.2 Å². The summed E-state index contributed by atoms with van der Waals surface area (Å²) in [5, 5.41) is 3.01. The zero-order valence-corrected chi connectivity index (χ0v) is 12.9. The Balaban J connectivity index is 1.91. The standard InChI is InChI=1S/C16H32N2O/c1-15(2)14-16(19)17-10-6-5-9-13-18-11-7-3-4-8-12-18/h15H,3-14H2,1-2H3,(H,17,19). The summed E-state index contributed by atoms with van der Waals surface area (Å²) in [6.07, 6.45) is 9.89. The number of nitrogens with one attached hydrogen (secondary N) is 1. The highest BCUT2D eigenvalue weighted by Gasteiger charge is 2.08. The van der Waals surface area contributed by atoms with Crippen molar-refractivity contribution in [1.29, 1.82) is 0 Å². The van der Waals surface area contributed by atoms with Gasteiger partial charge in [-0.3, -0.25) is 4.79 Å². The van der Waals surface area contributed by atoms with Gasteiger partial charge in [-0.25, -0.2) is 0 Å². The van der Waals surface area contributed by atoms with E-state index in [2.05, 4.69) is 24.1 Å². The topological polar surface area (TPSA) is 32.3 Å². The number of hydrogen-bond acceptors (Lipinski definition) is 2. The summed E-state index contributed by atoms with van der Waals surface area (Å²) in [4.78, 5) is 14.1. The van der Waals surface area contributed by atoms with Crippen LogP contribution in [0.5, 0.6) is 0 Å². The molecule has 1 heterocycles. The second kappa shape index (κ2) is 10.2. The van der Waals surface area contributed by atoms with Crippen LogP contribution in [0.4, 0.5) is 0 Å². The minimum Gasteiger partial charge on any atom is -0.356 e. The van der Waals surface area contributed by atoms with E-state index in [0.29, 0.717) is 12.3 Å². The highest BCUT2D eigenvalue weighted by molar-refractivity contribution is 5.75. The molecule has 0 spiro atoms. The number of nitrogens with zero attached hydrogens (tertiary/aromatic N) is 1. The van der Waals surface area contributed by atoms with Gasteiger partial charge in [0.1, 0.15) is 0 Å². The number of rotatable bonds is 8. The normalized spacial score (nSPS) is 17.4. The maximum atomic E-state index is 11.5. The number of carbonyl (C=O) groups excluding carboxylic acids is 1. The third kappa shape index (κ3) is 9.04. The molecule has 0 bridgehead atoms. The molecular weight excluding hydrogens is 236 g/mol. The van der Waals surface area contributed by atoms with Gasteiger partial charge in [0.15, 0.2) is 0 Å². The summed E-state index contributed by atoms with van der Waals surface area (Å²) >= 11 is 0. The Bertz CT molecular complexity index is 233. The molecule has 19 heavy (non-hydrogen) atoms. The van der Waals surface area contributed by atoms with Crippen molar-refractivity contribution in [3.63, 3.8) is 0 Å². The lowest BCUT2D eigenvalue weighted by Crippen LogP contribution is -2.27. The average molecular weight is 268 g/mol. The van der Waals surface area contributed by atoms with Gasteiger partial charge >= 0.3 is 0 Å². The maximum Gasteiger partial charge on any atom is 0.220 e. The Morgan fingerprint density at radius 2 is 1.74 bits per heavy atom. The third-order valence-electron chi connectivity index (χ3n) is 3.77. The Kier molecular flexibility index (Phi) is 8.89. The Labute approximate surface area is 119 Å². The highest BCUT2D eigenvalue weighted by Crippen LogP contribution is 2.10. The fourth-order valence-corrected chi connectivity index (χ4v) is 2.67. The molecule has 0 radical (unpaired) electrons. The first-order chi connectivity index (χ1) is 9.18. The van der Waals surface area contributed by atoms with Crippen LogP contribution in [0, 0.1) is 5.92 Å². The number of likely N-dealkylation sites (tertiary alicyclic amines) is 1. The van der Waals surface area contributed by atoms with Crippen molar-refractivity contribution in [2.45, 2.75) is 65.2 Å². The maximum absolute atomic E-state index is 11.5. The monoisotopic (exact) mass is 268 g/mol. The minimum absolute atomic E-state index is 0.211. The predicted molar refractivity (Wildman–Crippen MR) is 81.2 cm³/mol. The van der Waals surface area contributed by atoms with E-state index in [4.69, 9.17) is 0 Å². The fraction of sp³-hybridized carbons (Fsp3) is 0.938. The van der Waals surface area contributed by atoms with Crippen molar-refractivity contribution in [3.05, 3.63) is 0 Å². The molecule has 0 unspecified atom stereocenters. The van der Waals surface area contributed by atoms with Gasteiger partial charge in [-0.2, -0.15) is 0 Å². The molecule has 1 saturated heterocycles. The van der Waals surface area contributed by atoms with Crippen molar-refractivity contribution >= 4 is 5.91 Å². The van der Waals surface area contributed by atoms with E-state index >= 15 is 0 Å². The fourth-order valence-electron chi connectivity index (χ4n) is 2.67. The van der Waals surface area contributed by atoms with Crippen LogP contribution in [-0.2, 0) is 4.79 Å². The molecule has 3 heteroatoms. The Morgan fingerprint density at radius 1 is 1.05 bits per heavy atom. The molecule has 0 aromatic rings. The van der Waals surface area contributed by atoms with Gasteiger partial charge in [-0.1, -0.05) is 33.1 Å². The van der Waals surface area contributed by atoms with E-state index in [-0.39, 0.29) is 5.91 Å². The van der Waals surface area contributed by atoms with Crippen molar-refractivity contribution in [3.8, 4) is 0 Å². The van der Waals surface area contributed by atoms with Crippen LogP contribution in [0.3, 0.4) is 0 Å². The number of unbranched alkanes of at least 4 members (excludes halogenated alkanes) is 2.